The zero-order chi connectivity index (χ0) is 20.3. The summed E-state index contributed by atoms with van der Waals surface area (Å²) < 4.78 is 5.34. The summed E-state index contributed by atoms with van der Waals surface area (Å²) in [4.78, 5) is 13.1. The van der Waals surface area contributed by atoms with Crippen molar-refractivity contribution in [2.75, 3.05) is 37.1 Å². The van der Waals surface area contributed by atoms with Crippen LogP contribution in [0.1, 0.15) is 70.4 Å². The van der Waals surface area contributed by atoms with Gasteiger partial charge < -0.3 is 0 Å². The van der Waals surface area contributed by atoms with Gasteiger partial charge in [0.1, 0.15) is 0 Å². The summed E-state index contributed by atoms with van der Waals surface area (Å²) >= 11 is 0. The number of ether oxygens (including phenoxy) is 1. The zero-order valence-electron chi connectivity index (χ0n) is 18.5. The van der Waals surface area contributed by atoms with Gasteiger partial charge >= 0.3 is 168 Å². The molecule has 1 aromatic rings. The van der Waals surface area contributed by atoms with Gasteiger partial charge in [0.05, 0.1) is 0 Å². The Morgan fingerprint density at radius 2 is 1.37 bits per heavy atom. The van der Waals surface area contributed by atoms with Gasteiger partial charge in [0.2, 0.25) is 0 Å². The molecule has 0 atom stereocenters. The van der Waals surface area contributed by atoms with Gasteiger partial charge in [0.15, 0.2) is 0 Å². The fourth-order valence-electron chi connectivity index (χ4n) is 4.06. The number of hydrogen-bond acceptors (Lipinski definition) is 2. The Bertz CT molecular complexity index is 541. The van der Waals surface area contributed by atoms with Crippen LogP contribution in [-0.2, 0) is 4.79 Å². The van der Waals surface area contributed by atoms with Crippen LogP contribution < -0.4 is 10.1 Å². The molecule has 0 bridgehead atoms. The molecule has 0 aliphatic heterocycles. The first-order chi connectivity index (χ1) is 12.9. The van der Waals surface area contributed by atoms with Gasteiger partial charge in [0.25, 0.3) is 0 Å². The average molecular weight is 396 g/mol. The molecule has 1 rings (SSSR count). The fraction of sp³-hybridized carbons (Fsp3) is 0.696. The maximum absolute atomic E-state index is 13.1. The molecule has 0 fully saturated rings. The van der Waals surface area contributed by atoms with Gasteiger partial charge in [-0.05, 0) is 0 Å². The van der Waals surface area contributed by atoms with E-state index in [2.05, 4.69) is 26.1 Å². The van der Waals surface area contributed by atoms with Gasteiger partial charge in [0, 0.05) is 0 Å². The monoisotopic (exact) mass is 395 g/mol. The van der Waals surface area contributed by atoms with E-state index in [-0.39, 0.29) is 5.91 Å². The Morgan fingerprint density at radius 3 is 1.74 bits per heavy atom. The van der Waals surface area contributed by atoms with E-state index in [1.54, 1.807) is 7.11 Å². The number of carbonyl (C=O) groups is 1. The molecule has 0 saturated carbocycles. The Hall–Kier alpha value is -1.08. The van der Waals surface area contributed by atoms with Crippen molar-refractivity contribution in [3.05, 3.63) is 23.3 Å². The number of methoxy groups -OCH3 is 1. The summed E-state index contributed by atoms with van der Waals surface area (Å²) in [6.07, 6.45) is 12.2. The van der Waals surface area contributed by atoms with E-state index in [0.29, 0.717) is 0 Å². The summed E-state index contributed by atoms with van der Waals surface area (Å²) in [6, 6.07) is 4.00. The number of aryl methyl sites for hydroxylation is 2. The van der Waals surface area contributed by atoms with Crippen LogP contribution in [0.15, 0.2) is 12.1 Å². The third-order valence-corrected chi connectivity index (χ3v) is 11.0. The van der Waals surface area contributed by atoms with Crippen molar-refractivity contribution in [1.82, 2.24) is 0 Å². The van der Waals surface area contributed by atoms with Crippen LogP contribution in [0, 0.1) is 13.8 Å². The minimum atomic E-state index is -1.56. The summed E-state index contributed by atoms with van der Waals surface area (Å²) in [7, 11) is 0.117. The van der Waals surface area contributed by atoms with Crippen molar-refractivity contribution >= 4 is 18.9 Å². The van der Waals surface area contributed by atoms with Crippen LogP contribution >= 0.6 is 7.26 Å². The maximum atomic E-state index is 13.1. The van der Waals surface area contributed by atoms with Crippen LogP contribution in [0.25, 0.3) is 0 Å². The molecule has 1 N–H and O–H groups in total. The number of benzene rings is 1. The second-order valence-electron chi connectivity index (χ2n) is 8.17. The first-order valence-electron chi connectivity index (χ1n) is 10.9. The number of amides is 1. The predicted octanol–water partition coefficient (Wildman–Crippen LogP) is 6.40. The van der Waals surface area contributed by atoms with Crippen LogP contribution in [0.2, 0.25) is 0 Å². The Kier molecular flexibility index (Phi) is 11.0. The number of hydrogen-bond donors (Lipinski definition) is 1. The zero-order valence-corrected chi connectivity index (χ0v) is 19.5. The van der Waals surface area contributed by atoms with Crippen molar-refractivity contribution in [3.8, 4) is 5.75 Å². The van der Waals surface area contributed by atoms with Gasteiger partial charge in [-0.25, -0.2) is 0 Å². The summed E-state index contributed by atoms with van der Waals surface area (Å²) in [5, 5.41) is 3.25. The average Bonchev–Trinajstić information content (AvgIpc) is 2.65. The molecule has 3 nitrogen and oxygen atoms in total. The Balaban J connectivity index is 2.97. The number of rotatable bonds is 13. The molecule has 27 heavy (non-hydrogen) atoms. The molecule has 0 aliphatic carbocycles. The molecule has 1 amide bonds. The van der Waals surface area contributed by atoms with Crippen molar-refractivity contribution in [2.24, 2.45) is 0 Å². The van der Waals surface area contributed by atoms with Gasteiger partial charge in [-0.3, -0.25) is 0 Å². The van der Waals surface area contributed by atoms with Gasteiger partial charge in [-0.2, -0.15) is 0 Å². The molecule has 4 heteroatoms. The molecule has 0 spiro atoms. The van der Waals surface area contributed by atoms with E-state index in [4.69, 9.17) is 4.74 Å². The number of anilines is 1. The molecule has 0 aromatic heterocycles. The Morgan fingerprint density at radius 1 is 0.926 bits per heavy atom. The summed E-state index contributed by atoms with van der Waals surface area (Å²) in [6.45, 7) is 10.9. The van der Waals surface area contributed by atoms with Gasteiger partial charge in [-0.15, -0.1) is 0 Å². The first-order valence-corrected chi connectivity index (χ1v) is 13.7. The quantitative estimate of drug-likeness (QED) is 0.392. The first kappa shape index (κ1) is 24.0. The summed E-state index contributed by atoms with van der Waals surface area (Å²) in [5.74, 6) is 1.07. The predicted molar refractivity (Wildman–Crippen MR) is 124 cm³/mol. The van der Waals surface area contributed by atoms with Crippen LogP contribution in [0.4, 0.5) is 5.69 Å². The molecular weight excluding hydrogens is 353 g/mol. The third kappa shape index (κ3) is 7.82. The van der Waals surface area contributed by atoms with Crippen molar-refractivity contribution in [2.45, 2.75) is 73.1 Å². The SMILES string of the molecule is CCCC[PH](CCCC)(CCCC)CC(=O)Nc1c(C)cc(OC)cc1C. The second-order valence-corrected chi connectivity index (χ2v) is 13.0. The fourth-order valence-corrected chi connectivity index (χ4v) is 9.42. The van der Waals surface area contributed by atoms with Crippen LogP contribution in [-0.4, -0.2) is 37.7 Å². The molecule has 0 heterocycles. The van der Waals surface area contributed by atoms with Gasteiger partial charge in [-0.1, -0.05) is 0 Å². The molecule has 0 unspecified atom stereocenters. The molecule has 156 valence electrons. The van der Waals surface area contributed by atoms with E-state index in [0.717, 1.165) is 28.7 Å². The van der Waals surface area contributed by atoms with E-state index < -0.39 is 7.26 Å². The second kappa shape index (κ2) is 12.4. The molecular formula is C23H42NO2P. The standard InChI is InChI=1S/C23H42NO2P/c1-7-10-13-27(14-11-8-2,15-12-9-3)18-22(25)24-23-19(4)16-21(26-6)17-20(23)5/h16-17,27H,7-15,18H2,1-6H3,(H,24,25). The van der Waals surface area contributed by atoms with Crippen molar-refractivity contribution < 1.29 is 9.53 Å². The van der Waals surface area contributed by atoms with Crippen LogP contribution in [0.3, 0.4) is 0 Å². The number of carbonyl (C=O) groups excluding carboxylic acids is 1. The van der Waals surface area contributed by atoms with E-state index in [1.807, 2.05) is 26.0 Å². The molecule has 0 aliphatic rings. The Labute approximate surface area is 168 Å². The van der Waals surface area contributed by atoms with Crippen LogP contribution in [0.5, 0.6) is 5.75 Å². The molecule has 1 aromatic carbocycles. The normalized spacial score (nSPS) is 12.1. The van der Waals surface area contributed by atoms with E-state index in [1.165, 1.54) is 57.0 Å². The van der Waals surface area contributed by atoms with Crippen molar-refractivity contribution in [1.29, 1.82) is 0 Å². The minimum absolute atomic E-state index is 0.223. The van der Waals surface area contributed by atoms with Crippen molar-refractivity contribution in [3.63, 3.8) is 0 Å². The number of nitrogens with one attached hydrogen (secondary N) is 1. The third-order valence-electron chi connectivity index (χ3n) is 5.72. The number of unbranched alkanes of at least 4 members (excludes halogenated alkanes) is 3. The topological polar surface area (TPSA) is 38.3 Å². The molecule has 0 saturated heterocycles. The van der Waals surface area contributed by atoms with E-state index in [9.17, 15) is 4.79 Å². The van der Waals surface area contributed by atoms with E-state index >= 15 is 0 Å². The summed E-state index contributed by atoms with van der Waals surface area (Å²) in [5.41, 5.74) is 3.11. The molecule has 0 radical (unpaired) electrons.